The van der Waals surface area contributed by atoms with Crippen LogP contribution >= 0.6 is 0 Å². The molecule has 11 nitrogen and oxygen atoms in total. The van der Waals surface area contributed by atoms with Crippen molar-refractivity contribution in [2.45, 2.75) is 31.3 Å². The first kappa shape index (κ1) is 29.5. The van der Waals surface area contributed by atoms with Crippen molar-refractivity contribution in [1.29, 1.82) is 0 Å². The van der Waals surface area contributed by atoms with Gasteiger partial charge in [0.05, 0.1) is 24.7 Å². The zero-order chi connectivity index (χ0) is 32.0. The van der Waals surface area contributed by atoms with E-state index in [1.807, 2.05) is 0 Å². The first-order valence-corrected chi connectivity index (χ1v) is 15.0. The Hall–Kier alpha value is -5.23. The highest BCUT2D eigenvalue weighted by molar-refractivity contribution is 6.16. The quantitative estimate of drug-likeness (QED) is 0.249. The summed E-state index contributed by atoms with van der Waals surface area (Å²) >= 11 is 0. The lowest BCUT2D eigenvalue weighted by Gasteiger charge is -2.54. The molecule has 12 heteroatoms. The second kappa shape index (κ2) is 11.6. The monoisotopic (exact) mass is 625 g/mol. The van der Waals surface area contributed by atoms with E-state index in [1.165, 1.54) is 31.4 Å². The summed E-state index contributed by atoms with van der Waals surface area (Å²) < 4.78 is 30.7. The van der Waals surface area contributed by atoms with E-state index in [9.17, 15) is 18.8 Å². The van der Waals surface area contributed by atoms with E-state index in [2.05, 4.69) is 27.6 Å². The molecule has 46 heavy (non-hydrogen) atoms. The molecule has 2 unspecified atom stereocenters. The molecule has 1 aliphatic carbocycles. The highest BCUT2D eigenvalue weighted by atomic mass is 19.1. The minimum absolute atomic E-state index is 0.155. The molecular weight excluding hydrogens is 593 g/mol. The third-order valence-corrected chi connectivity index (χ3v) is 8.83. The van der Waals surface area contributed by atoms with Crippen molar-refractivity contribution in [3.63, 3.8) is 0 Å². The van der Waals surface area contributed by atoms with E-state index in [0.29, 0.717) is 52.4 Å². The number of piperidine rings is 1. The number of rotatable bonds is 8. The van der Waals surface area contributed by atoms with Crippen molar-refractivity contribution in [2.75, 3.05) is 37.9 Å². The van der Waals surface area contributed by atoms with Crippen LogP contribution in [0.2, 0.25) is 0 Å². The summed E-state index contributed by atoms with van der Waals surface area (Å²) in [6.07, 6.45) is 3.03. The normalized spacial score (nSPS) is 19.5. The van der Waals surface area contributed by atoms with Crippen LogP contribution in [-0.2, 0) is 9.59 Å². The number of pyridine rings is 1. The summed E-state index contributed by atoms with van der Waals surface area (Å²) in [6, 6.07) is 17.6. The predicted octanol–water partition coefficient (Wildman–Crippen LogP) is 5.42. The van der Waals surface area contributed by atoms with Gasteiger partial charge in [0.2, 0.25) is 11.8 Å². The number of likely N-dealkylation sites (N-methyl/N-ethyl adjacent to an activating group) is 1. The number of aromatic nitrogens is 1. The minimum Gasteiger partial charge on any atom is -0.493 e. The molecular formula is C34H32FN5O6. The maximum atomic E-state index is 13.2. The van der Waals surface area contributed by atoms with Gasteiger partial charge >= 0.3 is 6.09 Å². The number of fused-ring (bicyclic) bond motifs is 3. The number of carbonyl (C=O) groups is 3. The van der Waals surface area contributed by atoms with Gasteiger partial charge in [0.25, 0.3) is 0 Å². The number of nitrogens with one attached hydrogen (secondary N) is 2. The molecule has 2 saturated heterocycles. The molecule has 3 aliphatic rings. The van der Waals surface area contributed by atoms with Crippen LogP contribution in [0.1, 0.15) is 19.3 Å². The van der Waals surface area contributed by atoms with E-state index >= 15 is 0 Å². The fraction of sp³-hybridized carbons (Fsp3) is 0.294. The SMILES string of the molecule is COc1cc2c(Oc3ccc(NC(=O)C4(C(=O)Nc5ccc(F)cc5)CC4)cc3)ccnc2cc1OC(=O)N1C2CC1CN(C)C2. The zero-order valence-corrected chi connectivity index (χ0v) is 25.3. The van der Waals surface area contributed by atoms with Crippen LogP contribution in [0, 0.1) is 11.2 Å². The lowest BCUT2D eigenvalue weighted by molar-refractivity contribution is -0.131. The molecule has 3 heterocycles. The van der Waals surface area contributed by atoms with Crippen LogP contribution in [-0.4, -0.2) is 72.0 Å². The summed E-state index contributed by atoms with van der Waals surface area (Å²) in [4.78, 5) is 47.4. The molecule has 236 valence electrons. The number of hydrogen-bond donors (Lipinski definition) is 2. The number of nitrogens with zero attached hydrogens (tertiary/aromatic N) is 3. The first-order chi connectivity index (χ1) is 22.2. The van der Waals surface area contributed by atoms with E-state index in [0.717, 1.165) is 19.5 Å². The standard InChI is InChI=1S/C34H32FN5O6/c1-39-18-23-15-24(19-39)40(23)33(43)46-30-17-27-26(16-29(30)44-2)28(11-14-36-27)45-25-9-7-22(8-10-25)38-32(42)34(12-13-34)31(41)37-21-5-3-20(35)4-6-21/h3-11,14,16-17,23-24H,12-13,15,18-19H2,1-2H3,(H,37,41)(H,38,42). The number of benzene rings is 3. The van der Waals surface area contributed by atoms with Gasteiger partial charge in [-0.05, 0) is 87.0 Å². The number of ether oxygens (including phenoxy) is 3. The summed E-state index contributed by atoms with van der Waals surface area (Å²) in [7, 11) is 3.56. The Kier molecular flexibility index (Phi) is 7.44. The highest BCUT2D eigenvalue weighted by Gasteiger charge is 2.56. The van der Waals surface area contributed by atoms with Crippen molar-refractivity contribution in [1.82, 2.24) is 14.8 Å². The van der Waals surface area contributed by atoms with Crippen molar-refractivity contribution in [2.24, 2.45) is 5.41 Å². The number of amides is 3. The van der Waals surface area contributed by atoms with Gasteiger partial charge in [0.15, 0.2) is 11.5 Å². The van der Waals surface area contributed by atoms with Crippen molar-refractivity contribution in [3.8, 4) is 23.0 Å². The molecule has 0 spiro atoms. The number of hydrogen-bond acceptors (Lipinski definition) is 8. The largest absolute Gasteiger partial charge is 0.493 e. The summed E-state index contributed by atoms with van der Waals surface area (Å²) in [6.45, 7) is 1.65. The molecule has 3 fully saturated rings. The summed E-state index contributed by atoms with van der Waals surface area (Å²) in [5, 5.41) is 6.18. The number of carbonyl (C=O) groups excluding carboxylic acids is 3. The Morgan fingerprint density at radius 3 is 2.11 bits per heavy atom. The van der Waals surface area contributed by atoms with E-state index in [4.69, 9.17) is 14.2 Å². The van der Waals surface area contributed by atoms with E-state index in [1.54, 1.807) is 53.6 Å². The number of methoxy groups -OCH3 is 1. The van der Waals surface area contributed by atoms with Crippen LogP contribution < -0.4 is 24.8 Å². The fourth-order valence-corrected chi connectivity index (χ4v) is 6.17. The molecule has 7 rings (SSSR count). The van der Waals surface area contributed by atoms with Gasteiger partial charge in [-0.1, -0.05) is 0 Å². The van der Waals surface area contributed by atoms with Gasteiger partial charge in [0.1, 0.15) is 22.7 Å². The molecule has 4 aromatic rings. The van der Waals surface area contributed by atoms with Gasteiger partial charge in [-0.15, -0.1) is 0 Å². The highest BCUT2D eigenvalue weighted by Crippen LogP contribution is 2.47. The van der Waals surface area contributed by atoms with Gasteiger partial charge in [-0.2, -0.15) is 0 Å². The second-order valence-electron chi connectivity index (χ2n) is 12.0. The molecule has 3 aromatic carbocycles. The summed E-state index contributed by atoms with van der Waals surface area (Å²) in [5.41, 5.74) is 0.315. The Labute approximate surface area is 264 Å². The van der Waals surface area contributed by atoms with Crippen molar-refractivity contribution < 1.29 is 33.0 Å². The average molecular weight is 626 g/mol. The van der Waals surface area contributed by atoms with Crippen LogP contribution in [0.4, 0.5) is 20.6 Å². The number of anilines is 2. The fourth-order valence-electron chi connectivity index (χ4n) is 6.17. The van der Waals surface area contributed by atoms with Gasteiger partial charge in [0, 0.05) is 42.1 Å². The third kappa shape index (κ3) is 5.56. The lowest BCUT2D eigenvalue weighted by Crippen LogP contribution is -2.69. The molecule has 2 N–H and O–H groups in total. The Morgan fingerprint density at radius 2 is 1.50 bits per heavy atom. The molecule has 2 atom stereocenters. The number of halogens is 1. The average Bonchev–Trinajstić information content (AvgIpc) is 3.85. The summed E-state index contributed by atoms with van der Waals surface area (Å²) in [5.74, 6) is 0.419. The smallest absolute Gasteiger partial charge is 0.415 e. The van der Waals surface area contributed by atoms with Gasteiger partial charge in [-0.25, -0.2) is 9.18 Å². The molecule has 3 amide bonds. The zero-order valence-electron chi connectivity index (χ0n) is 25.3. The van der Waals surface area contributed by atoms with Gasteiger partial charge in [-0.3, -0.25) is 19.5 Å². The number of likely N-dealkylation sites (tertiary alicyclic amines) is 2. The maximum Gasteiger partial charge on any atom is 0.415 e. The van der Waals surface area contributed by atoms with Gasteiger partial charge < -0.3 is 29.7 Å². The Balaban J connectivity index is 1.02. The van der Waals surface area contributed by atoms with E-state index < -0.39 is 29.1 Å². The van der Waals surface area contributed by atoms with Crippen LogP contribution in [0.5, 0.6) is 23.0 Å². The molecule has 2 bridgehead atoms. The molecule has 1 saturated carbocycles. The van der Waals surface area contributed by atoms with Crippen molar-refractivity contribution >= 4 is 40.2 Å². The number of piperazine rings is 1. The predicted molar refractivity (Wildman–Crippen MR) is 168 cm³/mol. The van der Waals surface area contributed by atoms with E-state index in [-0.39, 0.29) is 17.8 Å². The third-order valence-electron chi connectivity index (χ3n) is 8.83. The van der Waals surface area contributed by atoms with Crippen LogP contribution in [0.15, 0.2) is 72.9 Å². The molecule has 0 radical (unpaired) electrons. The molecule has 2 aliphatic heterocycles. The topological polar surface area (TPSA) is 122 Å². The maximum absolute atomic E-state index is 13.2. The Morgan fingerprint density at radius 1 is 0.870 bits per heavy atom. The minimum atomic E-state index is -1.17. The van der Waals surface area contributed by atoms with Crippen LogP contribution in [0.25, 0.3) is 10.9 Å². The van der Waals surface area contributed by atoms with Crippen LogP contribution in [0.3, 0.4) is 0 Å². The Bertz CT molecular complexity index is 1820. The lowest BCUT2D eigenvalue weighted by atomic mass is 9.88. The van der Waals surface area contributed by atoms with Crippen molar-refractivity contribution in [3.05, 3.63) is 78.7 Å². The molecule has 1 aromatic heterocycles. The first-order valence-electron chi connectivity index (χ1n) is 15.0. The second-order valence-corrected chi connectivity index (χ2v) is 12.0.